The van der Waals surface area contributed by atoms with Crippen molar-refractivity contribution in [2.75, 3.05) is 38.5 Å². The van der Waals surface area contributed by atoms with E-state index in [-0.39, 0.29) is 30.9 Å². The SMILES string of the molecule is Cc1nc(-c2ccc(C)c(NCC(=O)N(CCNC(C)C)CC(=O)N(C)N3Cc4ccc(C#N)cc4C3)c2)no1. The van der Waals surface area contributed by atoms with Gasteiger partial charge in [0.1, 0.15) is 6.54 Å². The molecule has 0 fully saturated rings. The van der Waals surface area contributed by atoms with Gasteiger partial charge in [-0.25, -0.2) is 5.01 Å². The average molecular weight is 545 g/mol. The summed E-state index contributed by atoms with van der Waals surface area (Å²) in [4.78, 5) is 32.6. The number of likely N-dealkylation sites (N-methyl/N-ethyl adjacent to an activating group) is 1. The zero-order valence-electron chi connectivity index (χ0n) is 23.7. The summed E-state index contributed by atoms with van der Waals surface area (Å²) < 4.78 is 5.09. The molecule has 11 nitrogen and oxygen atoms in total. The molecule has 11 heteroatoms. The second-order valence-electron chi connectivity index (χ2n) is 10.3. The van der Waals surface area contributed by atoms with E-state index in [4.69, 9.17) is 4.52 Å². The number of carbonyl (C=O) groups excluding carboxylic acids is 2. The maximum Gasteiger partial charge on any atom is 0.256 e. The summed E-state index contributed by atoms with van der Waals surface area (Å²) in [6.45, 7) is 9.81. The summed E-state index contributed by atoms with van der Waals surface area (Å²) in [6.07, 6.45) is 0. The van der Waals surface area contributed by atoms with E-state index < -0.39 is 0 Å². The minimum absolute atomic E-state index is 0.0281. The molecule has 0 spiro atoms. The van der Waals surface area contributed by atoms with Crippen LogP contribution in [-0.4, -0.2) is 76.1 Å². The number of fused-ring (bicyclic) bond motifs is 1. The van der Waals surface area contributed by atoms with E-state index in [1.54, 1.807) is 29.9 Å². The fourth-order valence-electron chi connectivity index (χ4n) is 4.51. The quantitative estimate of drug-likeness (QED) is 0.374. The monoisotopic (exact) mass is 544 g/mol. The number of hydrogen-bond acceptors (Lipinski definition) is 9. The third-order valence-electron chi connectivity index (χ3n) is 6.89. The van der Waals surface area contributed by atoms with E-state index in [0.717, 1.165) is 27.9 Å². The van der Waals surface area contributed by atoms with Gasteiger partial charge in [0.25, 0.3) is 5.91 Å². The fraction of sp³-hybridized carbons (Fsp3) is 0.414. The number of hydrazine groups is 1. The molecule has 2 amide bonds. The lowest BCUT2D eigenvalue weighted by Crippen LogP contribution is -2.49. The number of carbonyl (C=O) groups is 2. The number of aromatic nitrogens is 2. The van der Waals surface area contributed by atoms with Crippen LogP contribution in [0.25, 0.3) is 11.4 Å². The van der Waals surface area contributed by atoms with Gasteiger partial charge in [0.2, 0.25) is 17.6 Å². The summed E-state index contributed by atoms with van der Waals surface area (Å²) in [5, 5.41) is 23.2. The molecule has 1 aliphatic heterocycles. The van der Waals surface area contributed by atoms with E-state index in [9.17, 15) is 14.9 Å². The zero-order chi connectivity index (χ0) is 28.8. The Kier molecular flexibility index (Phi) is 9.14. The van der Waals surface area contributed by atoms with E-state index in [0.29, 0.717) is 43.5 Å². The van der Waals surface area contributed by atoms with Gasteiger partial charge in [-0.1, -0.05) is 37.2 Å². The Morgan fingerprint density at radius 3 is 2.60 bits per heavy atom. The number of aryl methyl sites for hydroxylation is 2. The van der Waals surface area contributed by atoms with Gasteiger partial charge in [-0.05, 0) is 41.8 Å². The molecule has 0 saturated heterocycles. The van der Waals surface area contributed by atoms with Crippen LogP contribution in [0.1, 0.15) is 42.0 Å². The van der Waals surface area contributed by atoms with Crippen LogP contribution in [0.15, 0.2) is 40.9 Å². The summed E-state index contributed by atoms with van der Waals surface area (Å²) in [5.41, 5.74) is 5.25. The molecule has 0 saturated carbocycles. The van der Waals surface area contributed by atoms with Gasteiger partial charge in [0, 0.05) is 57.4 Å². The fourth-order valence-corrected chi connectivity index (χ4v) is 4.51. The number of rotatable bonds is 11. The number of nitriles is 1. The molecule has 0 radical (unpaired) electrons. The Bertz CT molecular complexity index is 1410. The average Bonchev–Trinajstić information content (AvgIpc) is 3.56. The summed E-state index contributed by atoms with van der Waals surface area (Å²) in [6, 6.07) is 13.7. The molecule has 4 rings (SSSR count). The smallest absolute Gasteiger partial charge is 0.256 e. The highest BCUT2D eigenvalue weighted by atomic mass is 16.5. The topological polar surface area (TPSA) is 131 Å². The maximum absolute atomic E-state index is 13.4. The minimum Gasteiger partial charge on any atom is -0.376 e. The molecule has 1 aromatic heterocycles. The van der Waals surface area contributed by atoms with Gasteiger partial charge in [-0.15, -0.1) is 0 Å². The van der Waals surface area contributed by atoms with Crippen molar-refractivity contribution >= 4 is 17.5 Å². The molecule has 40 heavy (non-hydrogen) atoms. The highest BCUT2D eigenvalue weighted by Crippen LogP contribution is 2.25. The van der Waals surface area contributed by atoms with Crippen molar-refractivity contribution in [3.8, 4) is 17.5 Å². The third-order valence-corrected chi connectivity index (χ3v) is 6.89. The summed E-state index contributed by atoms with van der Waals surface area (Å²) >= 11 is 0. The van der Waals surface area contributed by atoms with Crippen molar-refractivity contribution in [3.63, 3.8) is 0 Å². The number of amides is 2. The van der Waals surface area contributed by atoms with Gasteiger partial charge in [-0.2, -0.15) is 10.2 Å². The van der Waals surface area contributed by atoms with E-state index >= 15 is 0 Å². The lowest BCUT2D eigenvalue weighted by atomic mass is 10.1. The molecule has 2 heterocycles. The van der Waals surface area contributed by atoms with Gasteiger partial charge >= 0.3 is 0 Å². The molecule has 3 aromatic rings. The molecule has 0 unspecified atom stereocenters. The molecule has 2 aromatic carbocycles. The van der Waals surface area contributed by atoms with Crippen molar-refractivity contribution in [2.24, 2.45) is 0 Å². The van der Waals surface area contributed by atoms with Gasteiger partial charge < -0.3 is 20.1 Å². The summed E-state index contributed by atoms with van der Waals surface area (Å²) in [7, 11) is 1.72. The highest BCUT2D eigenvalue weighted by Gasteiger charge is 2.27. The van der Waals surface area contributed by atoms with Gasteiger partial charge in [0.05, 0.1) is 18.2 Å². The maximum atomic E-state index is 13.4. The number of anilines is 1. The Labute approximate surface area is 234 Å². The number of nitrogens with zero attached hydrogens (tertiary/aromatic N) is 6. The summed E-state index contributed by atoms with van der Waals surface area (Å²) in [5.74, 6) is 0.591. The zero-order valence-corrected chi connectivity index (χ0v) is 23.7. The van der Waals surface area contributed by atoms with E-state index in [1.165, 1.54) is 0 Å². The van der Waals surface area contributed by atoms with E-state index in [2.05, 4.69) is 26.8 Å². The second-order valence-corrected chi connectivity index (χ2v) is 10.3. The first-order chi connectivity index (χ1) is 19.1. The van der Waals surface area contributed by atoms with Crippen LogP contribution in [0.4, 0.5) is 5.69 Å². The molecule has 0 bridgehead atoms. The standard InChI is InChI=1S/C29H36N8O3/c1-19(2)31-10-11-36(18-28(39)35(5)37-16-24-9-7-22(14-30)12-25(24)17-37)27(38)15-32-26-13-23(8-6-20(26)3)29-33-21(4)40-34-29/h6-9,12-13,19,31-32H,10-11,15-18H2,1-5H3. The first-order valence-electron chi connectivity index (χ1n) is 13.3. The predicted molar refractivity (Wildman–Crippen MR) is 151 cm³/mol. The van der Waals surface area contributed by atoms with Crippen molar-refractivity contribution in [1.82, 2.24) is 30.4 Å². The number of hydrogen-bond donors (Lipinski definition) is 2. The van der Waals surface area contributed by atoms with Crippen molar-refractivity contribution < 1.29 is 14.1 Å². The first-order valence-corrected chi connectivity index (χ1v) is 13.3. The molecular weight excluding hydrogens is 508 g/mol. The van der Waals surface area contributed by atoms with Crippen LogP contribution in [0.2, 0.25) is 0 Å². The normalized spacial score (nSPS) is 12.7. The number of benzene rings is 2. The van der Waals surface area contributed by atoms with Crippen molar-refractivity contribution in [2.45, 2.75) is 46.8 Å². The Balaban J connectivity index is 1.41. The minimum atomic E-state index is -0.184. The Morgan fingerprint density at radius 1 is 1.12 bits per heavy atom. The Hall–Kier alpha value is -4.27. The van der Waals surface area contributed by atoms with Crippen LogP contribution in [0.5, 0.6) is 0 Å². The molecule has 0 atom stereocenters. The van der Waals surface area contributed by atoms with Gasteiger partial charge in [-0.3, -0.25) is 14.6 Å². The molecular formula is C29H36N8O3. The van der Waals surface area contributed by atoms with E-state index in [1.807, 2.05) is 56.1 Å². The lowest BCUT2D eigenvalue weighted by Gasteiger charge is -2.31. The van der Waals surface area contributed by atoms with Crippen LogP contribution in [0, 0.1) is 25.2 Å². The number of nitrogens with one attached hydrogen (secondary N) is 2. The molecule has 0 aliphatic carbocycles. The van der Waals surface area contributed by atoms with Crippen molar-refractivity contribution in [1.29, 1.82) is 5.26 Å². The van der Waals surface area contributed by atoms with Crippen LogP contribution in [-0.2, 0) is 22.7 Å². The van der Waals surface area contributed by atoms with Gasteiger partial charge in [0.15, 0.2) is 0 Å². The van der Waals surface area contributed by atoms with Crippen LogP contribution >= 0.6 is 0 Å². The third kappa shape index (κ3) is 7.02. The molecule has 1 aliphatic rings. The second kappa shape index (κ2) is 12.7. The molecule has 210 valence electrons. The molecule has 2 N–H and O–H groups in total. The predicted octanol–water partition coefficient (Wildman–Crippen LogP) is 2.85. The van der Waals surface area contributed by atoms with Crippen LogP contribution < -0.4 is 10.6 Å². The van der Waals surface area contributed by atoms with Crippen LogP contribution in [0.3, 0.4) is 0 Å². The first kappa shape index (κ1) is 28.7. The Morgan fingerprint density at radius 2 is 1.90 bits per heavy atom. The largest absolute Gasteiger partial charge is 0.376 e. The highest BCUT2D eigenvalue weighted by molar-refractivity contribution is 5.87. The van der Waals surface area contributed by atoms with Crippen molar-refractivity contribution in [3.05, 3.63) is 64.5 Å². The lowest BCUT2D eigenvalue weighted by molar-refractivity contribution is -0.151.